The molecular formula is C76H73F9N12O15P2S3. The summed E-state index contributed by atoms with van der Waals surface area (Å²) in [6.07, 6.45) is 4.06. The van der Waals surface area contributed by atoms with E-state index in [9.17, 15) is 66.0 Å². The number of aromatic nitrogens is 6. The zero-order chi connectivity index (χ0) is 81.6. The van der Waals surface area contributed by atoms with E-state index >= 15 is 13.2 Å². The first-order chi connectivity index (χ1) is 54.3. The normalized spacial score (nSPS) is 15.4. The third-order valence-corrected chi connectivity index (χ3v) is 23.8. The van der Waals surface area contributed by atoms with Gasteiger partial charge in [0.25, 0.3) is 16.7 Å². The first-order valence-corrected chi connectivity index (χ1v) is 38.5. The molecule has 9 heterocycles. The van der Waals surface area contributed by atoms with Gasteiger partial charge in [-0.3, -0.25) is 42.3 Å². The second-order valence-corrected chi connectivity index (χ2v) is 30.7. The van der Waals surface area contributed by atoms with E-state index in [1.807, 2.05) is 0 Å². The molecule has 3 aliphatic heterocycles. The molecule has 0 aliphatic carbocycles. The van der Waals surface area contributed by atoms with Crippen molar-refractivity contribution in [3.63, 3.8) is 0 Å². The van der Waals surface area contributed by atoms with Crippen LogP contribution in [0.5, 0.6) is 17.2 Å². The minimum Gasteiger partial charge on any atom is -0.495 e. The molecule has 117 heavy (non-hydrogen) atoms. The largest absolute Gasteiger partial charge is 0.495 e. The predicted molar refractivity (Wildman–Crippen MR) is 424 cm³/mol. The lowest BCUT2D eigenvalue weighted by Gasteiger charge is -2.35. The molecule has 0 radical (unpaired) electrons. The van der Waals surface area contributed by atoms with Crippen LogP contribution in [0, 0.1) is 52.4 Å². The van der Waals surface area contributed by atoms with Gasteiger partial charge in [-0.2, -0.15) is 58.0 Å². The fourth-order valence-electron chi connectivity index (χ4n) is 14.0. The molecule has 15 rings (SSSR count). The number of benzene rings is 6. The van der Waals surface area contributed by atoms with Gasteiger partial charge < -0.3 is 27.8 Å². The number of anilines is 3. The van der Waals surface area contributed by atoms with Crippen molar-refractivity contribution < 1.29 is 92.5 Å². The molecule has 3 aliphatic rings. The third-order valence-electron chi connectivity index (χ3n) is 19.0. The Kier molecular flexibility index (Phi) is 26.7. The first-order valence-electron chi connectivity index (χ1n) is 34.1. The van der Waals surface area contributed by atoms with Crippen molar-refractivity contribution in [2.45, 2.75) is 65.6 Å². The minimum atomic E-state index is -4.02. The Balaban J connectivity index is 0.000000183. The third kappa shape index (κ3) is 18.1. The van der Waals surface area contributed by atoms with E-state index < -0.39 is 118 Å². The van der Waals surface area contributed by atoms with Gasteiger partial charge in [0.05, 0.1) is 56.5 Å². The average Bonchev–Trinajstić information content (AvgIpc) is 1.13. The van der Waals surface area contributed by atoms with Crippen LogP contribution < -0.4 is 45.1 Å². The molecule has 2 unspecified atom stereocenters. The Morgan fingerprint density at radius 1 is 0.368 bits per heavy atom. The summed E-state index contributed by atoms with van der Waals surface area (Å²) in [4.78, 5) is 39.1. The SMILES string of the molecule is C.COc1cc(-c2cc(F)cc(F)c2)c(F)cc1-n1c2c(ccc1=O)[C@@H](C)N(S(=O)(=O)Nc1ccon1)CC2.COc1cc(-c2cc(F)cc(F)c2)c(F)cc1-n1c2c(ccc1=O)[C@@H](C)N(S(=O)(=O)Nc1ccon1)CC2.COc1cc(-c2cc(F)cc(F)c2)c(F)cc1-n1c2c(ccc1=O)[C@H](C)N(S(=O)(=O)Nc1ccon1)CC2.P.P. The molecule has 618 valence electrons. The van der Waals surface area contributed by atoms with Crippen molar-refractivity contribution in [3.8, 4) is 67.7 Å². The molecule has 0 fully saturated rings. The van der Waals surface area contributed by atoms with Gasteiger partial charge in [-0.25, -0.2) is 39.5 Å². The minimum absolute atomic E-state index is 0. The standard InChI is InChI=1S/3C25H21F3N4O5S.CH4.2H3P/c3*1-14-18-3-4-25(33)32(21(18)5-7-31(14)38(34,35)30-24-6-8-37-29-24)22-13-20(28)19(12-23(22)36-2)15-9-16(26)11-17(27)10-15;;;/h3*3-4,6,8-14H,5,7H2,1-2H3,(H,29,30);1H4;2*1H3/t3*14-;;;/m110.../s1. The lowest BCUT2D eigenvalue weighted by atomic mass is 9.98. The summed E-state index contributed by atoms with van der Waals surface area (Å²) < 4.78 is 251. The van der Waals surface area contributed by atoms with E-state index in [2.05, 4.69) is 43.2 Å². The number of nitrogens with zero attached hydrogens (tertiary/aromatic N) is 9. The zero-order valence-corrected chi connectivity index (χ0v) is 67.0. The summed E-state index contributed by atoms with van der Waals surface area (Å²) in [5.74, 6) is -7.44. The molecule has 6 aromatic heterocycles. The zero-order valence-electron chi connectivity index (χ0n) is 61.8. The van der Waals surface area contributed by atoms with Crippen molar-refractivity contribution in [2.75, 3.05) is 55.1 Å². The van der Waals surface area contributed by atoms with Crippen LogP contribution in [-0.2, 0) is 49.9 Å². The first kappa shape index (κ1) is 87.9. The van der Waals surface area contributed by atoms with Gasteiger partial charge in [0.15, 0.2) is 17.5 Å². The number of methoxy groups -OCH3 is 3. The van der Waals surface area contributed by atoms with E-state index in [0.29, 0.717) is 52.0 Å². The Hall–Kier alpha value is -11.4. The van der Waals surface area contributed by atoms with Gasteiger partial charge in [-0.15, -0.1) is 0 Å². The monoisotopic (exact) mass is 1720 g/mol. The fraction of sp³-hybridized carbons (Fsp3) is 0.211. The van der Waals surface area contributed by atoms with Gasteiger partial charge >= 0.3 is 30.6 Å². The highest BCUT2D eigenvalue weighted by Crippen LogP contribution is 2.42. The van der Waals surface area contributed by atoms with Crippen molar-refractivity contribution in [3.05, 3.63) is 282 Å². The highest BCUT2D eigenvalue weighted by atomic mass is 32.2. The molecule has 5 atom stereocenters. The summed E-state index contributed by atoms with van der Waals surface area (Å²) in [6, 6.07) is 25.2. The van der Waals surface area contributed by atoms with Crippen LogP contribution in [0.2, 0.25) is 0 Å². The molecule has 0 saturated carbocycles. The lowest BCUT2D eigenvalue weighted by molar-refractivity contribution is 0.322. The summed E-state index contributed by atoms with van der Waals surface area (Å²) in [5, 5.41) is 10.7. The maximum atomic E-state index is 15.3. The number of ether oxygens (including phenoxy) is 3. The second-order valence-electron chi connectivity index (χ2n) is 25.8. The fourth-order valence-corrected chi connectivity index (χ4v) is 18.0. The predicted octanol–water partition coefficient (Wildman–Crippen LogP) is 13.3. The molecule has 0 amide bonds. The van der Waals surface area contributed by atoms with Crippen LogP contribution in [0.15, 0.2) is 192 Å². The number of halogens is 9. The lowest BCUT2D eigenvalue weighted by Crippen LogP contribution is -2.43. The van der Waals surface area contributed by atoms with Crippen LogP contribution in [0.3, 0.4) is 0 Å². The van der Waals surface area contributed by atoms with Crippen LogP contribution in [0.4, 0.5) is 57.0 Å². The van der Waals surface area contributed by atoms with Crippen molar-refractivity contribution in [1.82, 2.24) is 42.1 Å². The Morgan fingerprint density at radius 3 is 0.821 bits per heavy atom. The smallest absolute Gasteiger partial charge is 0.303 e. The van der Waals surface area contributed by atoms with Crippen molar-refractivity contribution in [2.24, 2.45) is 0 Å². The highest BCUT2D eigenvalue weighted by molar-refractivity contribution is 7.91. The average molecular weight is 1720 g/mol. The molecule has 41 heteroatoms. The second kappa shape index (κ2) is 35.6. The number of pyridine rings is 3. The molecular weight excluding hydrogens is 1650 g/mol. The Morgan fingerprint density at radius 2 is 0.607 bits per heavy atom. The van der Waals surface area contributed by atoms with E-state index in [1.54, 1.807) is 20.8 Å². The van der Waals surface area contributed by atoms with Gasteiger partial charge in [0.2, 0.25) is 0 Å². The number of fused-ring (bicyclic) bond motifs is 3. The van der Waals surface area contributed by atoms with Crippen molar-refractivity contribution in [1.29, 1.82) is 0 Å². The molecule has 3 N–H and O–H groups in total. The summed E-state index contributed by atoms with van der Waals surface area (Å²) in [5.41, 5.74) is 1.25. The molecule has 0 bridgehead atoms. The molecule has 0 saturated heterocycles. The molecule has 0 spiro atoms. The van der Waals surface area contributed by atoms with Crippen molar-refractivity contribution >= 4 is 67.9 Å². The van der Waals surface area contributed by atoms with Crippen LogP contribution in [-0.4, -0.2) is 108 Å². The number of rotatable bonds is 18. The topological polar surface area (TPSA) is 320 Å². The maximum Gasteiger partial charge on any atom is 0.303 e. The van der Waals surface area contributed by atoms with E-state index in [4.69, 9.17) is 14.2 Å². The van der Waals surface area contributed by atoms with E-state index in [1.165, 1.54) is 140 Å². The van der Waals surface area contributed by atoms with Crippen LogP contribution in [0.25, 0.3) is 50.4 Å². The summed E-state index contributed by atoms with van der Waals surface area (Å²) >= 11 is 0. The number of nitrogens with one attached hydrogen (secondary N) is 3. The van der Waals surface area contributed by atoms with Crippen LogP contribution in [0.1, 0.15) is 80.1 Å². The van der Waals surface area contributed by atoms with Gasteiger partial charge in [0, 0.05) is 145 Å². The molecule has 12 aromatic rings. The Labute approximate surface area is 669 Å². The Bertz CT molecular complexity index is 5620. The van der Waals surface area contributed by atoms with E-state index in [0.717, 1.165) is 54.6 Å². The number of hydrogen-bond donors (Lipinski definition) is 3. The maximum absolute atomic E-state index is 15.3. The molecule has 6 aromatic carbocycles. The molecule has 27 nitrogen and oxygen atoms in total. The summed E-state index contributed by atoms with van der Waals surface area (Å²) in [7, 11) is -8.11. The summed E-state index contributed by atoms with van der Waals surface area (Å²) in [6.45, 7) is 5.01. The quantitative estimate of drug-likeness (QED) is 0.0531. The highest BCUT2D eigenvalue weighted by Gasteiger charge is 2.39. The van der Waals surface area contributed by atoms with Gasteiger partial charge in [0.1, 0.15) is 88.4 Å². The number of hydrogen-bond acceptors (Lipinski definition) is 18. The van der Waals surface area contributed by atoms with Gasteiger partial charge in [-0.1, -0.05) is 41.1 Å². The van der Waals surface area contributed by atoms with Gasteiger partial charge in [-0.05, 0) is 109 Å². The van der Waals surface area contributed by atoms with E-state index in [-0.39, 0.29) is 151 Å². The van der Waals surface area contributed by atoms with Crippen LogP contribution >= 0.6 is 19.8 Å².